The molecule has 0 spiro atoms. The molecule has 1 N–H and O–H groups in total. The Labute approximate surface area is 160 Å². The lowest BCUT2D eigenvalue weighted by molar-refractivity contribution is -0.133. The fraction of sp³-hybridized carbons (Fsp3) is 0.474. The molecule has 0 saturated carbocycles. The topological polar surface area (TPSA) is 67.9 Å². The van der Waals surface area contributed by atoms with Crippen molar-refractivity contribution in [1.29, 1.82) is 0 Å². The Morgan fingerprint density at radius 1 is 1.27 bits per heavy atom. The quantitative estimate of drug-likeness (QED) is 0.761. The number of halogens is 1. The molecule has 4 rings (SSSR count). The first-order chi connectivity index (χ1) is 12.3. The van der Waals surface area contributed by atoms with Gasteiger partial charge in [0.2, 0.25) is 18.6 Å². The normalized spacial score (nSPS) is 32.7. The van der Waals surface area contributed by atoms with Gasteiger partial charge in [0.15, 0.2) is 0 Å². The Hall–Kier alpha value is -1.86. The van der Waals surface area contributed by atoms with E-state index in [0.29, 0.717) is 12.2 Å². The Balaban J connectivity index is 1.85. The van der Waals surface area contributed by atoms with Crippen molar-refractivity contribution in [3.05, 3.63) is 46.3 Å². The van der Waals surface area contributed by atoms with Crippen LogP contribution in [0.15, 0.2) is 40.8 Å². The first-order valence-corrected chi connectivity index (χ1v) is 9.35. The molecule has 2 fully saturated rings. The van der Waals surface area contributed by atoms with Crippen LogP contribution in [0, 0.1) is 11.3 Å². The number of carbonyl (C=O) groups excluding carboxylic acids is 2. The molecule has 2 amide bonds. The average Bonchev–Trinajstić information content (AvgIpc) is 3.22. The van der Waals surface area contributed by atoms with Crippen molar-refractivity contribution in [1.82, 2.24) is 10.2 Å². The van der Waals surface area contributed by atoms with Gasteiger partial charge in [-0.25, -0.2) is 0 Å². The molecule has 0 bridgehead atoms. The Morgan fingerprint density at radius 3 is 2.58 bits per heavy atom. The van der Waals surface area contributed by atoms with Crippen LogP contribution in [0.2, 0.25) is 0 Å². The molecular weight excluding hydrogens is 400 g/mol. The Kier molecular flexibility index (Phi) is 3.93. The molecule has 3 aliphatic rings. The lowest BCUT2D eigenvalue weighted by atomic mass is 9.64. The first kappa shape index (κ1) is 17.5. The van der Waals surface area contributed by atoms with Crippen LogP contribution in [0.5, 0.6) is 0 Å². The lowest BCUT2D eigenvalue weighted by Crippen LogP contribution is -2.53. The van der Waals surface area contributed by atoms with E-state index in [1.54, 1.807) is 6.26 Å². The van der Waals surface area contributed by atoms with Crippen molar-refractivity contribution in [3.63, 3.8) is 0 Å². The molecule has 3 atom stereocenters. The van der Waals surface area contributed by atoms with Gasteiger partial charge in [0.1, 0.15) is 12.0 Å². The molecule has 0 aliphatic carbocycles. The van der Waals surface area contributed by atoms with Gasteiger partial charge in [-0.3, -0.25) is 19.8 Å². The van der Waals surface area contributed by atoms with Crippen LogP contribution in [0.3, 0.4) is 0 Å². The van der Waals surface area contributed by atoms with E-state index in [0.717, 1.165) is 10.0 Å². The molecule has 2 saturated heterocycles. The second-order valence-electron chi connectivity index (χ2n) is 7.62. The zero-order valence-electron chi connectivity index (χ0n) is 14.9. The Morgan fingerprint density at radius 2 is 1.96 bits per heavy atom. The van der Waals surface area contributed by atoms with Crippen molar-refractivity contribution in [2.24, 2.45) is 11.3 Å². The zero-order valence-corrected chi connectivity index (χ0v) is 16.5. The maximum atomic E-state index is 13.1. The molecule has 6 nitrogen and oxygen atoms in total. The summed E-state index contributed by atoms with van der Waals surface area (Å²) in [7, 11) is 1.98. The summed E-state index contributed by atoms with van der Waals surface area (Å²) in [6.45, 7) is 4.19. The van der Waals surface area contributed by atoms with Gasteiger partial charge in [0, 0.05) is 22.5 Å². The van der Waals surface area contributed by atoms with E-state index in [4.69, 9.17) is 9.47 Å². The van der Waals surface area contributed by atoms with Gasteiger partial charge < -0.3 is 9.47 Å². The number of nitrogens with zero attached hydrogens (tertiary/aromatic N) is 1. The standard InChI is InChI=1S/C19H21BrN2O4/c1-18(2)19(8-13-9-25-10-26-13)14(16(23)21-17(19)24)15(22(18)3)11-4-6-12(20)7-5-11/h4-7,9,14-15H,8,10H2,1-3H3,(H,21,23,24). The number of imide groups is 1. The number of ether oxygens (including phenoxy) is 2. The number of nitrogens with one attached hydrogen (secondary N) is 1. The van der Waals surface area contributed by atoms with Crippen molar-refractivity contribution in [3.8, 4) is 0 Å². The third kappa shape index (κ3) is 2.19. The Bertz CT molecular complexity index is 804. The summed E-state index contributed by atoms with van der Waals surface area (Å²) in [6, 6.07) is 7.72. The molecule has 0 aromatic heterocycles. The van der Waals surface area contributed by atoms with E-state index in [-0.39, 0.29) is 24.6 Å². The van der Waals surface area contributed by atoms with Gasteiger partial charge in [-0.2, -0.15) is 0 Å². The second kappa shape index (κ2) is 5.82. The van der Waals surface area contributed by atoms with Crippen LogP contribution in [-0.4, -0.2) is 36.1 Å². The van der Waals surface area contributed by atoms with Crippen molar-refractivity contribution < 1.29 is 19.1 Å². The van der Waals surface area contributed by atoms with Crippen LogP contribution in [0.4, 0.5) is 0 Å². The second-order valence-corrected chi connectivity index (χ2v) is 8.54. The number of hydrogen-bond donors (Lipinski definition) is 1. The summed E-state index contributed by atoms with van der Waals surface area (Å²) in [4.78, 5) is 28.1. The molecule has 26 heavy (non-hydrogen) atoms. The summed E-state index contributed by atoms with van der Waals surface area (Å²) in [5.74, 6) is -0.348. The van der Waals surface area contributed by atoms with Crippen LogP contribution in [-0.2, 0) is 19.1 Å². The largest absolute Gasteiger partial charge is 0.462 e. The highest BCUT2D eigenvalue weighted by Crippen LogP contribution is 2.62. The third-order valence-corrected chi connectivity index (χ3v) is 6.88. The summed E-state index contributed by atoms with van der Waals surface area (Å²) >= 11 is 3.45. The van der Waals surface area contributed by atoms with E-state index >= 15 is 0 Å². The van der Waals surface area contributed by atoms with E-state index in [1.165, 1.54) is 0 Å². The van der Waals surface area contributed by atoms with E-state index < -0.39 is 16.9 Å². The van der Waals surface area contributed by atoms with Crippen molar-refractivity contribution in [2.45, 2.75) is 31.8 Å². The third-order valence-electron chi connectivity index (χ3n) is 6.35. The predicted octanol–water partition coefficient (Wildman–Crippen LogP) is 2.71. The zero-order chi connectivity index (χ0) is 18.7. The number of rotatable bonds is 3. The number of amides is 2. The molecule has 3 heterocycles. The monoisotopic (exact) mass is 420 g/mol. The predicted molar refractivity (Wildman–Crippen MR) is 97.5 cm³/mol. The van der Waals surface area contributed by atoms with E-state index in [2.05, 4.69) is 26.1 Å². The average molecular weight is 421 g/mol. The summed E-state index contributed by atoms with van der Waals surface area (Å²) in [6.07, 6.45) is 1.88. The van der Waals surface area contributed by atoms with Crippen molar-refractivity contribution >= 4 is 27.7 Å². The maximum Gasteiger partial charge on any atom is 0.235 e. The fourth-order valence-electron chi connectivity index (χ4n) is 4.74. The van der Waals surface area contributed by atoms with Crippen LogP contribution in [0.25, 0.3) is 0 Å². The first-order valence-electron chi connectivity index (χ1n) is 8.56. The minimum atomic E-state index is -0.921. The minimum absolute atomic E-state index is 0.151. The number of fused-ring (bicyclic) bond motifs is 1. The van der Waals surface area contributed by atoms with Crippen molar-refractivity contribution in [2.75, 3.05) is 13.8 Å². The lowest BCUT2D eigenvalue weighted by Gasteiger charge is -2.41. The number of allylic oxidation sites excluding steroid dienone is 1. The van der Waals surface area contributed by atoms with Gasteiger partial charge in [0.25, 0.3) is 0 Å². The number of likely N-dealkylation sites (tertiary alicyclic amines) is 1. The van der Waals surface area contributed by atoms with Crippen LogP contribution < -0.4 is 5.32 Å². The molecule has 1 aromatic rings. The highest BCUT2D eigenvalue weighted by molar-refractivity contribution is 9.10. The number of carbonyl (C=O) groups is 2. The minimum Gasteiger partial charge on any atom is -0.462 e. The van der Waals surface area contributed by atoms with Crippen LogP contribution in [0.1, 0.15) is 31.9 Å². The molecule has 7 heteroatoms. The summed E-state index contributed by atoms with van der Waals surface area (Å²) < 4.78 is 11.7. The van der Waals surface area contributed by atoms with Gasteiger partial charge >= 0.3 is 0 Å². The fourth-order valence-corrected chi connectivity index (χ4v) is 5.01. The van der Waals surface area contributed by atoms with Gasteiger partial charge in [-0.1, -0.05) is 28.1 Å². The van der Waals surface area contributed by atoms with Crippen LogP contribution >= 0.6 is 15.9 Å². The molecular formula is C19H21BrN2O4. The highest BCUT2D eigenvalue weighted by Gasteiger charge is 2.72. The molecule has 1 aromatic carbocycles. The number of hydrogen-bond acceptors (Lipinski definition) is 5. The molecule has 138 valence electrons. The van der Waals surface area contributed by atoms with Gasteiger partial charge in [0.05, 0.1) is 11.3 Å². The van der Waals surface area contributed by atoms with Gasteiger partial charge in [-0.15, -0.1) is 0 Å². The summed E-state index contributed by atoms with van der Waals surface area (Å²) in [5, 5.41) is 2.58. The molecule has 3 aliphatic heterocycles. The van der Waals surface area contributed by atoms with E-state index in [1.807, 2.05) is 45.2 Å². The van der Waals surface area contributed by atoms with E-state index in [9.17, 15) is 9.59 Å². The number of benzene rings is 1. The SMILES string of the molecule is CN1C(c2ccc(Br)cc2)C2C(=O)NC(=O)C2(CC2=COCO2)C1(C)C. The van der Waals surface area contributed by atoms with Gasteiger partial charge in [-0.05, 0) is 38.6 Å². The molecule has 0 radical (unpaired) electrons. The summed E-state index contributed by atoms with van der Waals surface area (Å²) in [5.41, 5.74) is -0.466. The smallest absolute Gasteiger partial charge is 0.235 e. The highest BCUT2D eigenvalue weighted by atomic mass is 79.9. The maximum absolute atomic E-state index is 13.1. The molecule has 3 unspecified atom stereocenters.